The Hall–Kier alpha value is -4.26. The first kappa shape index (κ1) is 27.3. The molecule has 0 radical (unpaired) electrons. The molecule has 7 heteroatoms. The molecule has 1 aromatic heterocycles. The van der Waals surface area contributed by atoms with E-state index in [9.17, 15) is 14.7 Å². The zero-order valence-electron chi connectivity index (χ0n) is 23.5. The molecule has 0 spiro atoms. The van der Waals surface area contributed by atoms with E-state index in [-0.39, 0.29) is 11.7 Å². The third-order valence-electron chi connectivity index (χ3n) is 7.61. The maximum absolute atomic E-state index is 13.3. The number of anilines is 3. The van der Waals surface area contributed by atoms with Crippen molar-refractivity contribution in [1.82, 2.24) is 4.57 Å². The van der Waals surface area contributed by atoms with Crippen molar-refractivity contribution in [3.63, 3.8) is 0 Å². The quantitative estimate of drug-likeness (QED) is 0.212. The molecule has 3 N–H and O–H groups in total. The third-order valence-corrected chi connectivity index (χ3v) is 7.61. The molecular weight excluding hydrogens is 500 g/mol. The van der Waals surface area contributed by atoms with Crippen molar-refractivity contribution in [3.8, 4) is 5.69 Å². The molecule has 0 bridgehead atoms. The Morgan fingerprint density at radius 2 is 1.68 bits per heavy atom. The molecule has 1 fully saturated rings. The number of aryl methyl sites for hydroxylation is 1. The van der Waals surface area contributed by atoms with Gasteiger partial charge in [0.2, 0.25) is 0 Å². The van der Waals surface area contributed by atoms with Crippen molar-refractivity contribution in [2.45, 2.75) is 58.9 Å². The van der Waals surface area contributed by atoms with Gasteiger partial charge in [-0.15, -0.1) is 0 Å². The number of nitrogens with one attached hydrogen (secondary N) is 2. The van der Waals surface area contributed by atoms with Crippen LogP contribution in [0.25, 0.3) is 16.6 Å². The molecule has 3 aromatic carbocycles. The lowest BCUT2D eigenvalue weighted by molar-refractivity contribution is 0.0688. The van der Waals surface area contributed by atoms with Crippen LogP contribution in [0.3, 0.4) is 0 Å². The van der Waals surface area contributed by atoms with Gasteiger partial charge in [-0.2, -0.15) is 0 Å². The summed E-state index contributed by atoms with van der Waals surface area (Å²) in [6.07, 6.45) is 5.90. The Morgan fingerprint density at radius 1 is 0.950 bits per heavy atom. The van der Waals surface area contributed by atoms with E-state index in [0.717, 1.165) is 41.5 Å². The van der Waals surface area contributed by atoms with E-state index in [2.05, 4.69) is 29.4 Å². The number of aromatic carboxylic acids is 1. The number of carboxylic acid groups (broad SMARTS) is 1. The maximum atomic E-state index is 13.3. The van der Waals surface area contributed by atoms with Crippen LogP contribution in [-0.2, 0) is 0 Å². The molecule has 208 valence electrons. The molecule has 0 atom stereocenters. The van der Waals surface area contributed by atoms with Gasteiger partial charge in [0, 0.05) is 29.3 Å². The summed E-state index contributed by atoms with van der Waals surface area (Å²) in [6, 6.07) is 23.0. The van der Waals surface area contributed by atoms with Gasteiger partial charge in [-0.25, -0.2) is 9.59 Å². The average molecular weight is 539 g/mol. The highest BCUT2D eigenvalue weighted by molar-refractivity contribution is 6.02. The summed E-state index contributed by atoms with van der Waals surface area (Å²) in [5.41, 5.74) is 5.09. The number of aromatic nitrogens is 1. The zero-order valence-corrected chi connectivity index (χ0v) is 23.5. The van der Waals surface area contributed by atoms with E-state index in [1.165, 1.54) is 19.3 Å². The second-order valence-corrected chi connectivity index (χ2v) is 11.2. The number of carbonyl (C=O) groups excluding carboxylic acids is 1. The summed E-state index contributed by atoms with van der Waals surface area (Å²) < 4.78 is 1.75. The van der Waals surface area contributed by atoms with E-state index in [4.69, 9.17) is 0 Å². The van der Waals surface area contributed by atoms with Gasteiger partial charge in [0.1, 0.15) is 5.69 Å². The summed E-state index contributed by atoms with van der Waals surface area (Å²) in [6.45, 7) is 7.30. The van der Waals surface area contributed by atoms with Crippen LogP contribution < -0.4 is 15.5 Å². The van der Waals surface area contributed by atoms with Crippen molar-refractivity contribution >= 4 is 40.0 Å². The van der Waals surface area contributed by atoms with E-state index in [1.807, 2.05) is 73.7 Å². The first-order valence-corrected chi connectivity index (χ1v) is 14.2. The minimum atomic E-state index is -1.00. The number of carboxylic acids is 1. The van der Waals surface area contributed by atoms with Crippen LogP contribution in [0.1, 0.15) is 62.0 Å². The number of nitrogens with zero attached hydrogens (tertiary/aromatic N) is 2. The van der Waals surface area contributed by atoms with E-state index >= 15 is 0 Å². The van der Waals surface area contributed by atoms with Crippen LogP contribution in [0.4, 0.5) is 21.9 Å². The van der Waals surface area contributed by atoms with Gasteiger partial charge < -0.3 is 25.2 Å². The Balaban J connectivity index is 1.59. The lowest BCUT2D eigenvalue weighted by atomic mass is 9.93. The fourth-order valence-corrected chi connectivity index (χ4v) is 5.76. The second-order valence-electron chi connectivity index (χ2n) is 11.2. The number of rotatable bonds is 8. The average Bonchev–Trinajstić information content (AvgIpc) is 3.34. The summed E-state index contributed by atoms with van der Waals surface area (Å²) in [4.78, 5) is 28.0. The third kappa shape index (κ3) is 5.98. The fourth-order valence-electron chi connectivity index (χ4n) is 5.76. The number of carbonyl (C=O) groups is 2. The summed E-state index contributed by atoms with van der Waals surface area (Å²) in [5.74, 6) is -0.571. The van der Waals surface area contributed by atoms with Crippen LogP contribution in [0.15, 0.2) is 72.8 Å². The molecule has 1 aliphatic rings. The lowest BCUT2D eigenvalue weighted by Crippen LogP contribution is -2.40. The van der Waals surface area contributed by atoms with Gasteiger partial charge >= 0.3 is 12.0 Å². The van der Waals surface area contributed by atoms with Crippen LogP contribution in [0.2, 0.25) is 0 Å². The predicted molar refractivity (Wildman–Crippen MR) is 163 cm³/mol. The molecule has 0 aliphatic heterocycles. The monoisotopic (exact) mass is 538 g/mol. The highest BCUT2D eigenvalue weighted by Gasteiger charge is 2.26. The lowest BCUT2D eigenvalue weighted by Gasteiger charge is -2.38. The SMILES string of the molecule is Cc1ccc(NC(=O)Nc2cc(-n3c(C(=O)O)cc4ccccc43)ccc2N(CC(C)C)C2CCCCC2)cc1. The minimum absolute atomic E-state index is 0.176. The fraction of sp³-hybridized carbons (Fsp3) is 0.333. The standard InChI is InChI=1S/C33H38N4O3/c1-22(2)21-36(26-10-5-4-6-11-26)30-18-17-27(37-29-12-8-7-9-24(29)19-31(37)32(38)39)20-28(30)35-33(40)34-25-15-13-23(3)14-16-25/h7-9,12-20,22,26H,4-6,10-11,21H2,1-3H3,(H,38,39)(H2,34,35,40). The first-order valence-electron chi connectivity index (χ1n) is 14.2. The van der Waals surface area contributed by atoms with Gasteiger partial charge in [-0.3, -0.25) is 0 Å². The highest BCUT2D eigenvalue weighted by Crippen LogP contribution is 2.36. The number of hydrogen-bond acceptors (Lipinski definition) is 3. The summed E-state index contributed by atoms with van der Waals surface area (Å²) >= 11 is 0. The molecule has 1 aliphatic carbocycles. The van der Waals surface area contributed by atoms with Crippen molar-refractivity contribution in [2.75, 3.05) is 22.1 Å². The smallest absolute Gasteiger partial charge is 0.352 e. The number of urea groups is 1. The van der Waals surface area contributed by atoms with Crippen LogP contribution in [-0.4, -0.2) is 34.3 Å². The summed E-state index contributed by atoms with van der Waals surface area (Å²) in [5, 5.41) is 16.9. The molecule has 1 heterocycles. The van der Waals surface area contributed by atoms with Gasteiger partial charge in [0.25, 0.3) is 0 Å². The molecule has 1 saturated carbocycles. The Labute approximate surface area is 235 Å². The van der Waals surface area contributed by atoms with Crippen molar-refractivity contribution in [1.29, 1.82) is 0 Å². The molecule has 2 amide bonds. The Bertz CT molecular complexity index is 1500. The number of fused-ring (bicyclic) bond motifs is 1. The molecule has 0 saturated heterocycles. The van der Waals surface area contributed by atoms with Crippen LogP contribution >= 0.6 is 0 Å². The van der Waals surface area contributed by atoms with E-state index < -0.39 is 5.97 Å². The van der Waals surface area contributed by atoms with Crippen molar-refractivity contribution in [2.24, 2.45) is 5.92 Å². The normalized spacial score (nSPS) is 13.9. The number of amides is 2. The Kier molecular flexibility index (Phi) is 8.10. The Morgan fingerprint density at radius 3 is 2.38 bits per heavy atom. The molecule has 4 aromatic rings. The van der Waals surface area contributed by atoms with E-state index in [1.54, 1.807) is 10.6 Å². The second kappa shape index (κ2) is 11.9. The van der Waals surface area contributed by atoms with Crippen molar-refractivity contribution in [3.05, 3.63) is 84.1 Å². The van der Waals surface area contributed by atoms with Gasteiger partial charge in [0.05, 0.1) is 16.9 Å². The number of benzene rings is 3. The van der Waals surface area contributed by atoms with Gasteiger partial charge in [-0.05, 0) is 68.1 Å². The maximum Gasteiger partial charge on any atom is 0.352 e. The minimum Gasteiger partial charge on any atom is -0.477 e. The zero-order chi connectivity index (χ0) is 28.2. The molecule has 7 nitrogen and oxygen atoms in total. The summed E-state index contributed by atoms with van der Waals surface area (Å²) in [7, 11) is 0. The topological polar surface area (TPSA) is 86.6 Å². The van der Waals surface area contributed by atoms with Crippen LogP contribution in [0.5, 0.6) is 0 Å². The largest absolute Gasteiger partial charge is 0.477 e. The first-order chi connectivity index (χ1) is 19.3. The molecular formula is C33H38N4O3. The van der Waals surface area contributed by atoms with Crippen molar-refractivity contribution < 1.29 is 14.7 Å². The number of para-hydroxylation sites is 1. The van der Waals surface area contributed by atoms with Gasteiger partial charge in [0.15, 0.2) is 0 Å². The molecule has 5 rings (SSSR count). The van der Waals surface area contributed by atoms with Gasteiger partial charge in [-0.1, -0.05) is 69.0 Å². The van der Waals surface area contributed by atoms with E-state index in [0.29, 0.717) is 29.0 Å². The highest BCUT2D eigenvalue weighted by atomic mass is 16.4. The number of hydrogen-bond donors (Lipinski definition) is 3. The molecule has 40 heavy (non-hydrogen) atoms. The van der Waals surface area contributed by atoms with Crippen LogP contribution in [0, 0.1) is 12.8 Å². The molecule has 0 unspecified atom stereocenters. The predicted octanol–water partition coefficient (Wildman–Crippen LogP) is 8.08.